The van der Waals surface area contributed by atoms with Crippen molar-refractivity contribution in [1.82, 2.24) is 10.6 Å². The van der Waals surface area contributed by atoms with E-state index in [1.165, 1.54) is 12.8 Å². The lowest BCUT2D eigenvalue weighted by Gasteiger charge is -2.21. The number of ether oxygens (including phenoxy) is 1. The Morgan fingerprint density at radius 3 is 2.85 bits per heavy atom. The number of rotatable bonds is 6. The van der Waals surface area contributed by atoms with Crippen LogP contribution in [0.5, 0.6) is 0 Å². The lowest BCUT2D eigenvalue weighted by molar-refractivity contribution is -0.144. The Morgan fingerprint density at radius 2 is 2.19 bits per heavy atom. The van der Waals surface area contributed by atoms with Gasteiger partial charge in [0.15, 0.2) is 5.96 Å². The van der Waals surface area contributed by atoms with Crippen LogP contribution in [-0.2, 0) is 9.53 Å². The summed E-state index contributed by atoms with van der Waals surface area (Å²) in [4.78, 5) is 18.4. The molecule has 0 amide bonds. The van der Waals surface area contributed by atoms with E-state index in [1.54, 1.807) is 0 Å². The lowest BCUT2D eigenvalue weighted by atomic mass is 10.2. The minimum Gasteiger partial charge on any atom is -0.469 e. The number of hydrogen-bond acceptors (Lipinski definition) is 4. The molecule has 2 atom stereocenters. The van der Waals surface area contributed by atoms with Gasteiger partial charge >= 0.3 is 5.97 Å². The summed E-state index contributed by atoms with van der Waals surface area (Å²) >= 11 is 3.62. The summed E-state index contributed by atoms with van der Waals surface area (Å²) in [6.45, 7) is 6.95. The topological polar surface area (TPSA) is 66.0 Å². The van der Waals surface area contributed by atoms with E-state index in [-0.39, 0.29) is 35.9 Å². The van der Waals surface area contributed by atoms with E-state index in [0.29, 0.717) is 12.6 Å². The van der Waals surface area contributed by atoms with Crippen molar-refractivity contribution in [2.45, 2.75) is 26.3 Å². The first-order valence-electron chi connectivity index (χ1n) is 8.67. The second-order valence-electron chi connectivity index (χ2n) is 6.17. The van der Waals surface area contributed by atoms with Gasteiger partial charge in [0.05, 0.1) is 25.3 Å². The Morgan fingerprint density at radius 1 is 1.46 bits per heavy atom. The van der Waals surface area contributed by atoms with Crippen molar-refractivity contribution in [2.75, 3.05) is 38.2 Å². The van der Waals surface area contributed by atoms with Crippen molar-refractivity contribution >= 4 is 57.5 Å². The Hall–Kier alpha value is -1.03. The van der Waals surface area contributed by atoms with Crippen molar-refractivity contribution < 1.29 is 9.53 Å². The van der Waals surface area contributed by atoms with Crippen LogP contribution in [0.15, 0.2) is 33.7 Å². The molecule has 2 N–H and O–H groups in total. The Bertz CT molecular complexity index is 615. The number of nitrogens with one attached hydrogen (secondary N) is 2. The molecule has 146 valence electrons. The maximum atomic E-state index is 11.5. The lowest BCUT2D eigenvalue weighted by Crippen LogP contribution is -2.45. The molecule has 2 rings (SSSR count). The smallest absolute Gasteiger partial charge is 0.310 e. The molecule has 0 aliphatic carbocycles. The molecule has 1 heterocycles. The predicted molar refractivity (Wildman–Crippen MR) is 120 cm³/mol. The number of esters is 1. The van der Waals surface area contributed by atoms with Crippen molar-refractivity contribution in [2.24, 2.45) is 10.9 Å². The molecule has 2 unspecified atom stereocenters. The van der Waals surface area contributed by atoms with Crippen LogP contribution in [0.4, 0.5) is 5.69 Å². The second kappa shape index (κ2) is 11.6. The second-order valence-corrected chi connectivity index (χ2v) is 7.03. The zero-order valence-electron chi connectivity index (χ0n) is 15.5. The average Bonchev–Trinajstić information content (AvgIpc) is 3.07. The Labute approximate surface area is 181 Å². The number of carbonyl (C=O) groups excluding carboxylic acids is 1. The third-order valence-electron chi connectivity index (χ3n) is 4.19. The minimum atomic E-state index is -0.249. The fraction of sp³-hybridized carbons (Fsp3) is 0.556. The molecule has 0 spiro atoms. The number of hydrogen-bond donors (Lipinski definition) is 2. The van der Waals surface area contributed by atoms with Crippen LogP contribution in [0.3, 0.4) is 0 Å². The van der Waals surface area contributed by atoms with Gasteiger partial charge in [-0.05, 0) is 41.4 Å². The summed E-state index contributed by atoms with van der Waals surface area (Å²) in [6, 6.07) is 8.59. The fourth-order valence-electron chi connectivity index (χ4n) is 2.82. The van der Waals surface area contributed by atoms with E-state index in [1.807, 2.05) is 19.9 Å². The van der Waals surface area contributed by atoms with Crippen LogP contribution in [0.2, 0.25) is 0 Å². The number of anilines is 1. The predicted octanol–water partition coefficient (Wildman–Crippen LogP) is 3.01. The molecule has 1 aliphatic heterocycles. The molecular formula is C18H28BrIN4O2. The molecule has 26 heavy (non-hydrogen) atoms. The molecule has 8 heteroatoms. The highest BCUT2D eigenvalue weighted by atomic mass is 127. The van der Waals surface area contributed by atoms with E-state index < -0.39 is 0 Å². The molecule has 1 aromatic carbocycles. The molecule has 0 bridgehead atoms. The molecule has 6 nitrogen and oxygen atoms in total. The minimum absolute atomic E-state index is 0. The largest absolute Gasteiger partial charge is 0.469 e. The quantitative estimate of drug-likeness (QED) is 0.252. The van der Waals surface area contributed by atoms with Crippen molar-refractivity contribution in [3.63, 3.8) is 0 Å². The highest BCUT2D eigenvalue weighted by molar-refractivity contribution is 14.0. The summed E-state index contributed by atoms with van der Waals surface area (Å²) in [7, 11) is 1.40. The maximum Gasteiger partial charge on any atom is 0.310 e. The highest BCUT2D eigenvalue weighted by Crippen LogP contribution is 2.28. The van der Waals surface area contributed by atoms with Crippen LogP contribution >= 0.6 is 39.9 Å². The van der Waals surface area contributed by atoms with E-state index in [9.17, 15) is 4.79 Å². The third-order valence-corrected chi connectivity index (χ3v) is 4.86. The molecule has 1 saturated heterocycles. The molecular weight excluding hydrogens is 511 g/mol. The number of guanidine groups is 1. The van der Waals surface area contributed by atoms with E-state index in [4.69, 9.17) is 4.74 Å². The number of nitrogens with zero attached hydrogens (tertiary/aromatic N) is 2. The van der Waals surface area contributed by atoms with E-state index in [2.05, 4.69) is 54.7 Å². The Balaban J connectivity index is 0.00000338. The van der Waals surface area contributed by atoms with Gasteiger partial charge in [0, 0.05) is 30.1 Å². The monoisotopic (exact) mass is 538 g/mol. The first-order valence-corrected chi connectivity index (χ1v) is 9.46. The van der Waals surface area contributed by atoms with Crippen molar-refractivity contribution in [3.05, 3.63) is 28.7 Å². The van der Waals surface area contributed by atoms with Gasteiger partial charge in [-0.1, -0.05) is 19.1 Å². The molecule has 0 saturated carbocycles. The van der Waals surface area contributed by atoms with Gasteiger partial charge in [0.25, 0.3) is 0 Å². The zero-order chi connectivity index (χ0) is 18.2. The SMILES string of the molecule is CCNC(=NCC(C)C(=O)OC)NC1CCN(c2ccccc2Br)C1.I. The first-order chi connectivity index (χ1) is 12.0. The number of aliphatic imine (C=N–C) groups is 1. The summed E-state index contributed by atoms with van der Waals surface area (Å²) in [6.07, 6.45) is 1.04. The zero-order valence-corrected chi connectivity index (χ0v) is 19.4. The van der Waals surface area contributed by atoms with Crippen LogP contribution in [0, 0.1) is 5.92 Å². The molecule has 1 aromatic rings. The summed E-state index contributed by atoms with van der Waals surface area (Å²) < 4.78 is 5.87. The summed E-state index contributed by atoms with van der Waals surface area (Å²) in [5, 5.41) is 6.72. The van der Waals surface area contributed by atoms with Gasteiger partial charge in [-0.2, -0.15) is 0 Å². The van der Waals surface area contributed by atoms with Gasteiger partial charge < -0.3 is 20.3 Å². The molecule has 1 fully saturated rings. The summed E-state index contributed by atoms with van der Waals surface area (Å²) in [5.74, 6) is 0.263. The number of para-hydroxylation sites is 1. The van der Waals surface area contributed by atoms with Gasteiger partial charge in [-0.3, -0.25) is 9.79 Å². The third kappa shape index (κ3) is 6.61. The van der Waals surface area contributed by atoms with E-state index in [0.717, 1.165) is 36.5 Å². The normalized spacial score (nSPS) is 18.1. The van der Waals surface area contributed by atoms with Crippen LogP contribution in [-0.4, -0.2) is 51.3 Å². The Kier molecular flexibility index (Phi) is 10.3. The van der Waals surface area contributed by atoms with Gasteiger partial charge in [0.1, 0.15) is 0 Å². The van der Waals surface area contributed by atoms with Crippen LogP contribution in [0.25, 0.3) is 0 Å². The van der Waals surface area contributed by atoms with Gasteiger partial charge in [0.2, 0.25) is 0 Å². The fourth-order valence-corrected chi connectivity index (χ4v) is 3.36. The number of halogens is 2. The first kappa shape index (κ1) is 23.0. The average molecular weight is 539 g/mol. The maximum absolute atomic E-state index is 11.5. The highest BCUT2D eigenvalue weighted by Gasteiger charge is 2.24. The molecule has 1 aliphatic rings. The molecule has 0 radical (unpaired) electrons. The standard InChI is InChI=1S/C18H27BrN4O2.HI/c1-4-20-18(21-11-13(2)17(24)25-3)22-14-9-10-23(12-14)16-8-6-5-7-15(16)19;/h5-8,13-14H,4,9-12H2,1-3H3,(H2,20,21,22);1H. The summed E-state index contributed by atoms with van der Waals surface area (Å²) in [5.41, 5.74) is 1.22. The molecule has 0 aromatic heterocycles. The van der Waals surface area contributed by atoms with Crippen LogP contribution in [0.1, 0.15) is 20.3 Å². The number of methoxy groups -OCH3 is 1. The number of benzene rings is 1. The van der Waals surface area contributed by atoms with Gasteiger partial charge in [-0.25, -0.2) is 0 Å². The van der Waals surface area contributed by atoms with Crippen molar-refractivity contribution in [1.29, 1.82) is 0 Å². The van der Waals surface area contributed by atoms with Crippen LogP contribution < -0.4 is 15.5 Å². The van der Waals surface area contributed by atoms with Gasteiger partial charge in [-0.15, -0.1) is 24.0 Å². The van der Waals surface area contributed by atoms with Crippen molar-refractivity contribution in [3.8, 4) is 0 Å². The number of carbonyl (C=O) groups is 1. The van der Waals surface area contributed by atoms with E-state index >= 15 is 0 Å².